The summed E-state index contributed by atoms with van der Waals surface area (Å²) in [4.78, 5) is 0. The van der Waals surface area contributed by atoms with Gasteiger partial charge in [0.2, 0.25) is 0 Å². The molecule has 0 aliphatic heterocycles. The van der Waals surface area contributed by atoms with Gasteiger partial charge in [-0.15, -0.1) is 0 Å². The van der Waals surface area contributed by atoms with Gasteiger partial charge in [0, 0.05) is 23.9 Å². The van der Waals surface area contributed by atoms with Crippen molar-refractivity contribution in [3.8, 4) is 5.75 Å². The fourth-order valence-electron chi connectivity index (χ4n) is 2.08. The number of benzene rings is 2. The lowest BCUT2D eigenvalue weighted by atomic mass is 10.1. The van der Waals surface area contributed by atoms with E-state index >= 15 is 0 Å². The number of ether oxygens (including phenoxy) is 1. The van der Waals surface area contributed by atoms with Gasteiger partial charge in [-0.2, -0.15) is 0 Å². The zero-order chi connectivity index (χ0) is 14.4. The van der Waals surface area contributed by atoms with Crippen molar-refractivity contribution in [2.24, 2.45) is 0 Å². The molecule has 1 atom stereocenters. The summed E-state index contributed by atoms with van der Waals surface area (Å²) in [6.07, 6.45) is 0. The van der Waals surface area contributed by atoms with Crippen LogP contribution in [0.3, 0.4) is 0 Å². The van der Waals surface area contributed by atoms with Crippen LogP contribution in [0.5, 0.6) is 5.75 Å². The maximum absolute atomic E-state index is 9.33. The quantitative estimate of drug-likeness (QED) is 0.831. The molecule has 2 N–H and O–H groups in total. The number of anilines is 1. The van der Waals surface area contributed by atoms with Gasteiger partial charge in [0.15, 0.2) is 0 Å². The Morgan fingerprint density at radius 2 is 1.80 bits per heavy atom. The first-order valence-corrected chi connectivity index (χ1v) is 6.92. The summed E-state index contributed by atoms with van der Waals surface area (Å²) in [5.41, 5.74) is 3.37. The Balaban J connectivity index is 2.10. The van der Waals surface area contributed by atoms with Crippen LogP contribution in [-0.4, -0.2) is 11.7 Å². The number of aromatic hydroxyl groups is 1. The van der Waals surface area contributed by atoms with E-state index in [1.165, 1.54) is 0 Å². The van der Waals surface area contributed by atoms with Crippen molar-refractivity contribution in [1.82, 2.24) is 0 Å². The maximum atomic E-state index is 9.33. The van der Waals surface area contributed by atoms with E-state index in [4.69, 9.17) is 4.74 Å². The van der Waals surface area contributed by atoms with Crippen LogP contribution in [0.15, 0.2) is 48.5 Å². The van der Waals surface area contributed by atoms with E-state index in [2.05, 4.69) is 24.4 Å². The maximum Gasteiger partial charge on any atom is 0.115 e. The lowest BCUT2D eigenvalue weighted by Crippen LogP contribution is -2.08. The summed E-state index contributed by atoms with van der Waals surface area (Å²) in [6, 6.07) is 15.6. The van der Waals surface area contributed by atoms with Gasteiger partial charge < -0.3 is 15.2 Å². The van der Waals surface area contributed by atoms with E-state index in [0.717, 1.165) is 16.8 Å². The molecule has 0 fully saturated rings. The molecule has 106 valence electrons. The van der Waals surface area contributed by atoms with Crippen molar-refractivity contribution in [1.29, 1.82) is 0 Å². The summed E-state index contributed by atoms with van der Waals surface area (Å²) in [6.45, 7) is 5.42. The third-order valence-electron chi connectivity index (χ3n) is 3.24. The third kappa shape index (κ3) is 3.75. The minimum Gasteiger partial charge on any atom is -0.508 e. The zero-order valence-electron chi connectivity index (χ0n) is 12.0. The topological polar surface area (TPSA) is 41.5 Å². The number of phenols is 1. The van der Waals surface area contributed by atoms with Gasteiger partial charge in [0.05, 0.1) is 6.61 Å². The molecule has 0 spiro atoms. The molecule has 0 aliphatic rings. The SMILES string of the molecule is CCOCc1ccccc1NC(C)c1ccc(O)cc1. The van der Waals surface area contributed by atoms with Crippen LogP contribution in [-0.2, 0) is 11.3 Å². The van der Waals surface area contributed by atoms with Crippen LogP contribution in [0.1, 0.15) is 31.0 Å². The highest BCUT2D eigenvalue weighted by Crippen LogP contribution is 2.24. The molecule has 20 heavy (non-hydrogen) atoms. The Kier molecular flexibility index (Phi) is 5.02. The first kappa shape index (κ1) is 14.4. The summed E-state index contributed by atoms with van der Waals surface area (Å²) in [7, 11) is 0. The molecule has 0 aliphatic carbocycles. The van der Waals surface area contributed by atoms with Crippen molar-refractivity contribution < 1.29 is 9.84 Å². The fraction of sp³-hybridized carbons (Fsp3) is 0.294. The van der Waals surface area contributed by atoms with E-state index < -0.39 is 0 Å². The second-order valence-electron chi connectivity index (χ2n) is 4.75. The Bertz CT molecular complexity index is 537. The first-order valence-electron chi connectivity index (χ1n) is 6.92. The number of nitrogens with one attached hydrogen (secondary N) is 1. The van der Waals surface area contributed by atoms with Gasteiger partial charge >= 0.3 is 0 Å². The van der Waals surface area contributed by atoms with Crippen molar-refractivity contribution >= 4 is 5.69 Å². The number of para-hydroxylation sites is 1. The van der Waals surface area contributed by atoms with E-state index in [1.807, 2.05) is 31.2 Å². The highest BCUT2D eigenvalue weighted by molar-refractivity contribution is 5.52. The average molecular weight is 271 g/mol. The smallest absolute Gasteiger partial charge is 0.115 e. The lowest BCUT2D eigenvalue weighted by molar-refractivity contribution is 0.134. The molecule has 2 aromatic rings. The van der Waals surface area contributed by atoms with Crippen molar-refractivity contribution in [2.45, 2.75) is 26.5 Å². The van der Waals surface area contributed by atoms with E-state index in [0.29, 0.717) is 13.2 Å². The molecule has 2 aromatic carbocycles. The molecule has 0 saturated carbocycles. The highest BCUT2D eigenvalue weighted by atomic mass is 16.5. The van der Waals surface area contributed by atoms with Crippen LogP contribution in [0.2, 0.25) is 0 Å². The zero-order valence-corrected chi connectivity index (χ0v) is 12.0. The highest BCUT2D eigenvalue weighted by Gasteiger charge is 2.08. The van der Waals surface area contributed by atoms with Crippen LogP contribution < -0.4 is 5.32 Å². The van der Waals surface area contributed by atoms with Gasteiger partial charge in [-0.3, -0.25) is 0 Å². The molecule has 0 bridgehead atoms. The minimum absolute atomic E-state index is 0.165. The van der Waals surface area contributed by atoms with Crippen LogP contribution in [0.25, 0.3) is 0 Å². The second kappa shape index (κ2) is 6.96. The molecule has 1 unspecified atom stereocenters. The minimum atomic E-state index is 0.165. The molecular weight excluding hydrogens is 250 g/mol. The van der Waals surface area contributed by atoms with Crippen molar-refractivity contribution in [3.63, 3.8) is 0 Å². The van der Waals surface area contributed by atoms with E-state index in [1.54, 1.807) is 12.1 Å². The monoisotopic (exact) mass is 271 g/mol. The normalized spacial score (nSPS) is 12.1. The van der Waals surface area contributed by atoms with Crippen molar-refractivity contribution in [2.75, 3.05) is 11.9 Å². The Morgan fingerprint density at radius 3 is 2.50 bits per heavy atom. The van der Waals surface area contributed by atoms with E-state index in [9.17, 15) is 5.11 Å². The second-order valence-corrected chi connectivity index (χ2v) is 4.75. The number of hydrogen-bond donors (Lipinski definition) is 2. The average Bonchev–Trinajstić information content (AvgIpc) is 2.47. The molecule has 0 saturated heterocycles. The molecule has 0 heterocycles. The Morgan fingerprint density at radius 1 is 1.10 bits per heavy atom. The third-order valence-corrected chi connectivity index (χ3v) is 3.24. The summed E-state index contributed by atoms with van der Waals surface area (Å²) in [5.74, 6) is 0.290. The molecule has 3 heteroatoms. The fourth-order valence-corrected chi connectivity index (χ4v) is 2.08. The summed E-state index contributed by atoms with van der Waals surface area (Å²) in [5, 5.41) is 12.8. The standard InChI is InChI=1S/C17H21NO2/c1-3-20-12-15-6-4-5-7-17(15)18-13(2)14-8-10-16(19)11-9-14/h4-11,13,18-19H,3,12H2,1-2H3. The molecule has 0 amide bonds. The summed E-state index contributed by atoms with van der Waals surface area (Å²) >= 11 is 0. The van der Waals surface area contributed by atoms with Crippen LogP contribution in [0.4, 0.5) is 5.69 Å². The molecule has 0 aromatic heterocycles. The van der Waals surface area contributed by atoms with Gasteiger partial charge in [0.1, 0.15) is 5.75 Å². The largest absolute Gasteiger partial charge is 0.508 e. The Hall–Kier alpha value is -2.00. The van der Waals surface area contributed by atoms with Gasteiger partial charge in [-0.05, 0) is 37.6 Å². The predicted molar refractivity (Wildman–Crippen MR) is 81.9 cm³/mol. The van der Waals surface area contributed by atoms with Crippen LogP contribution in [0, 0.1) is 0 Å². The van der Waals surface area contributed by atoms with Gasteiger partial charge in [-0.1, -0.05) is 30.3 Å². The van der Waals surface area contributed by atoms with E-state index in [-0.39, 0.29) is 11.8 Å². The Labute approximate surface area is 120 Å². The number of rotatable bonds is 6. The van der Waals surface area contributed by atoms with Gasteiger partial charge in [0.25, 0.3) is 0 Å². The van der Waals surface area contributed by atoms with Crippen LogP contribution >= 0.6 is 0 Å². The molecule has 0 radical (unpaired) electrons. The lowest BCUT2D eigenvalue weighted by Gasteiger charge is -2.18. The van der Waals surface area contributed by atoms with Crippen molar-refractivity contribution in [3.05, 3.63) is 59.7 Å². The molecule has 3 nitrogen and oxygen atoms in total. The molecule has 2 rings (SSSR count). The number of phenolic OH excluding ortho intramolecular Hbond substituents is 1. The summed E-state index contributed by atoms with van der Waals surface area (Å²) < 4.78 is 5.49. The first-order chi connectivity index (χ1) is 9.70. The molecular formula is C17H21NO2. The van der Waals surface area contributed by atoms with Gasteiger partial charge in [-0.25, -0.2) is 0 Å². The predicted octanol–water partition coefficient (Wildman–Crippen LogP) is 4.10. The number of hydrogen-bond acceptors (Lipinski definition) is 3.